The second kappa shape index (κ2) is 4.48. The number of hydrogen-bond acceptors (Lipinski definition) is 5. The maximum Gasteiger partial charge on any atom is 0.328 e. The molecule has 18 heavy (non-hydrogen) atoms. The molecule has 94 valence electrons. The van der Waals surface area contributed by atoms with Crippen LogP contribution in [0.2, 0.25) is 0 Å². The van der Waals surface area contributed by atoms with Crippen LogP contribution in [0.4, 0.5) is 5.69 Å². The summed E-state index contributed by atoms with van der Waals surface area (Å²) in [5.41, 5.74) is 6.34. The molecule has 2 N–H and O–H groups in total. The molecule has 1 aromatic carbocycles. The molecule has 1 atom stereocenters. The molecule has 0 radical (unpaired) electrons. The molecule has 2 aromatic rings. The smallest absolute Gasteiger partial charge is 0.328 e. The topological polar surface area (TPSA) is 87.2 Å². The predicted molar refractivity (Wildman–Crippen MR) is 67.1 cm³/mol. The summed E-state index contributed by atoms with van der Waals surface area (Å²) >= 11 is 0. The fourth-order valence-electron chi connectivity index (χ4n) is 1.71. The third kappa shape index (κ3) is 1.92. The summed E-state index contributed by atoms with van der Waals surface area (Å²) in [5.74, 6) is -0.498. The molecule has 0 fully saturated rings. The second-order valence-corrected chi connectivity index (χ2v) is 3.93. The molecule has 1 heterocycles. The number of benzene rings is 1. The van der Waals surface area contributed by atoms with Crippen molar-refractivity contribution in [2.24, 2.45) is 0 Å². The number of aromatic nitrogens is 2. The summed E-state index contributed by atoms with van der Waals surface area (Å²) in [5, 5.41) is 0.383. The summed E-state index contributed by atoms with van der Waals surface area (Å²) in [6, 6.07) is 4.16. The Morgan fingerprint density at radius 1 is 1.50 bits per heavy atom. The summed E-state index contributed by atoms with van der Waals surface area (Å²) in [7, 11) is 1.27. The van der Waals surface area contributed by atoms with E-state index in [0.29, 0.717) is 16.6 Å². The van der Waals surface area contributed by atoms with Gasteiger partial charge in [-0.15, -0.1) is 0 Å². The normalized spacial score (nSPS) is 12.3. The predicted octanol–water partition coefficient (Wildman–Crippen LogP) is 0.713. The van der Waals surface area contributed by atoms with E-state index in [2.05, 4.69) is 9.72 Å². The number of anilines is 1. The molecule has 0 aliphatic heterocycles. The van der Waals surface area contributed by atoms with Crippen LogP contribution in [0.15, 0.2) is 29.3 Å². The summed E-state index contributed by atoms with van der Waals surface area (Å²) < 4.78 is 5.84. The molecule has 6 heteroatoms. The minimum atomic E-state index is -0.721. The number of carbonyl (C=O) groups is 1. The number of rotatable bonds is 2. The standard InChI is InChI=1S/C12H13N3O3/c1-7(12(17)18-2)15-6-14-10-4-3-8(13)5-9(10)11(15)16/h3-7H,13H2,1-2H3. The van der Waals surface area contributed by atoms with Gasteiger partial charge in [0.1, 0.15) is 6.04 Å². The van der Waals surface area contributed by atoms with Crippen LogP contribution in [0.25, 0.3) is 10.9 Å². The van der Waals surface area contributed by atoms with E-state index >= 15 is 0 Å². The van der Waals surface area contributed by atoms with E-state index in [9.17, 15) is 9.59 Å². The number of hydrogen-bond donors (Lipinski definition) is 1. The van der Waals surface area contributed by atoms with E-state index in [4.69, 9.17) is 5.73 Å². The van der Waals surface area contributed by atoms with Crippen molar-refractivity contribution in [2.45, 2.75) is 13.0 Å². The van der Waals surface area contributed by atoms with E-state index in [1.807, 2.05) is 0 Å². The molecule has 0 saturated heterocycles. The molecular weight excluding hydrogens is 234 g/mol. The monoisotopic (exact) mass is 247 g/mol. The van der Waals surface area contributed by atoms with Gasteiger partial charge in [0.2, 0.25) is 0 Å². The lowest BCUT2D eigenvalue weighted by Gasteiger charge is -2.12. The Bertz CT molecular complexity index is 663. The molecule has 1 aromatic heterocycles. The van der Waals surface area contributed by atoms with E-state index in [-0.39, 0.29) is 5.56 Å². The highest BCUT2D eigenvalue weighted by molar-refractivity contribution is 5.81. The number of nitrogens with zero attached hydrogens (tertiary/aromatic N) is 2. The van der Waals surface area contributed by atoms with Crippen LogP contribution in [0.5, 0.6) is 0 Å². The van der Waals surface area contributed by atoms with Gasteiger partial charge in [-0.05, 0) is 25.1 Å². The maximum atomic E-state index is 12.2. The highest BCUT2D eigenvalue weighted by Gasteiger charge is 2.17. The lowest BCUT2D eigenvalue weighted by atomic mass is 10.2. The van der Waals surface area contributed by atoms with E-state index in [0.717, 1.165) is 0 Å². The zero-order valence-corrected chi connectivity index (χ0v) is 10.1. The molecule has 0 spiro atoms. The minimum absolute atomic E-state index is 0.315. The molecule has 1 unspecified atom stereocenters. The van der Waals surface area contributed by atoms with Crippen molar-refractivity contribution in [1.82, 2.24) is 9.55 Å². The Labute approximate surface area is 103 Å². The third-order valence-corrected chi connectivity index (χ3v) is 2.77. The van der Waals surface area contributed by atoms with Crippen molar-refractivity contribution in [1.29, 1.82) is 0 Å². The lowest BCUT2D eigenvalue weighted by Crippen LogP contribution is -2.29. The minimum Gasteiger partial charge on any atom is -0.467 e. The second-order valence-electron chi connectivity index (χ2n) is 3.93. The van der Waals surface area contributed by atoms with Gasteiger partial charge in [0, 0.05) is 5.69 Å². The lowest BCUT2D eigenvalue weighted by molar-refractivity contribution is -0.144. The number of fused-ring (bicyclic) bond motifs is 1. The van der Waals surface area contributed by atoms with E-state index in [1.54, 1.807) is 25.1 Å². The van der Waals surface area contributed by atoms with Crippen molar-refractivity contribution in [3.63, 3.8) is 0 Å². The first-order chi connectivity index (χ1) is 8.54. The van der Waals surface area contributed by atoms with Crippen molar-refractivity contribution in [2.75, 3.05) is 12.8 Å². The van der Waals surface area contributed by atoms with E-state index < -0.39 is 12.0 Å². The van der Waals surface area contributed by atoms with Crippen molar-refractivity contribution >= 4 is 22.6 Å². The van der Waals surface area contributed by atoms with Gasteiger partial charge < -0.3 is 10.5 Å². The van der Waals surface area contributed by atoms with Crippen LogP contribution in [-0.4, -0.2) is 22.6 Å². The molecule has 0 saturated carbocycles. The largest absolute Gasteiger partial charge is 0.467 e. The highest BCUT2D eigenvalue weighted by Crippen LogP contribution is 2.13. The molecular formula is C12H13N3O3. The summed E-state index contributed by atoms with van der Waals surface area (Å²) in [6.45, 7) is 1.58. The van der Waals surface area contributed by atoms with Crippen molar-refractivity contribution < 1.29 is 9.53 Å². The van der Waals surface area contributed by atoms with Crippen LogP contribution in [0, 0.1) is 0 Å². The SMILES string of the molecule is COC(=O)C(C)n1cnc2ccc(N)cc2c1=O. The first-order valence-corrected chi connectivity index (χ1v) is 5.39. The number of carbonyl (C=O) groups excluding carboxylic acids is 1. The summed E-state index contributed by atoms with van der Waals surface area (Å²) in [4.78, 5) is 27.8. The number of ether oxygens (including phenoxy) is 1. The van der Waals surface area contributed by atoms with Gasteiger partial charge in [0.15, 0.2) is 0 Å². The fourth-order valence-corrected chi connectivity index (χ4v) is 1.71. The molecule has 2 rings (SSSR count). The van der Waals surface area contributed by atoms with Crippen molar-refractivity contribution in [3.05, 3.63) is 34.9 Å². The average Bonchev–Trinajstić information content (AvgIpc) is 2.38. The summed E-state index contributed by atoms with van der Waals surface area (Å²) in [6.07, 6.45) is 1.34. The van der Waals surface area contributed by atoms with Gasteiger partial charge in [-0.2, -0.15) is 0 Å². The average molecular weight is 247 g/mol. The van der Waals surface area contributed by atoms with Gasteiger partial charge >= 0.3 is 5.97 Å². The Morgan fingerprint density at radius 2 is 2.22 bits per heavy atom. The quantitative estimate of drug-likeness (QED) is 0.624. The Kier molecular flexibility index (Phi) is 3.01. The van der Waals surface area contributed by atoms with Crippen molar-refractivity contribution in [3.8, 4) is 0 Å². The van der Waals surface area contributed by atoms with Crippen LogP contribution < -0.4 is 11.3 Å². The zero-order chi connectivity index (χ0) is 13.3. The molecule has 0 amide bonds. The van der Waals surface area contributed by atoms with Gasteiger partial charge in [-0.3, -0.25) is 9.36 Å². The van der Waals surface area contributed by atoms with Crippen LogP contribution in [-0.2, 0) is 9.53 Å². The molecule has 0 aliphatic rings. The van der Waals surface area contributed by atoms with Gasteiger partial charge in [0.05, 0.1) is 24.3 Å². The Morgan fingerprint density at radius 3 is 2.89 bits per heavy atom. The molecule has 0 aliphatic carbocycles. The first-order valence-electron chi connectivity index (χ1n) is 5.39. The van der Waals surface area contributed by atoms with Crippen LogP contribution in [0.3, 0.4) is 0 Å². The Balaban J connectivity index is 2.64. The number of esters is 1. The highest BCUT2D eigenvalue weighted by atomic mass is 16.5. The maximum absolute atomic E-state index is 12.2. The third-order valence-electron chi connectivity index (χ3n) is 2.77. The number of nitrogen functional groups attached to an aromatic ring is 1. The molecule has 0 bridgehead atoms. The van der Waals surface area contributed by atoms with Crippen LogP contribution >= 0.6 is 0 Å². The molecule has 6 nitrogen and oxygen atoms in total. The first kappa shape index (κ1) is 12.1. The number of methoxy groups -OCH3 is 1. The van der Waals surface area contributed by atoms with Gasteiger partial charge in [0.25, 0.3) is 5.56 Å². The zero-order valence-electron chi connectivity index (χ0n) is 10.1. The number of nitrogens with two attached hydrogens (primary N) is 1. The van der Waals surface area contributed by atoms with E-state index in [1.165, 1.54) is 18.0 Å². The van der Waals surface area contributed by atoms with Gasteiger partial charge in [-0.1, -0.05) is 0 Å². The fraction of sp³-hybridized carbons (Fsp3) is 0.250. The van der Waals surface area contributed by atoms with Gasteiger partial charge in [-0.25, -0.2) is 9.78 Å². The Hall–Kier alpha value is -2.37. The van der Waals surface area contributed by atoms with Crippen LogP contribution in [0.1, 0.15) is 13.0 Å².